The van der Waals surface area contributed by atoms with Crippen molar-refractivity contribution in [1.82, 2.24) is 0 Å². The second-order valence-electron chi connectivity index (χ2n) is 1.41. The average molecular weight is 162 g/mol. The van der Waals surface area contributed by atoms with E-state index in [1.54, 1.807) is 0 Å². The Labute approximate surface area is 93.5 Å². The first-order chi connectivity index (χ1) is 4.04. The fraction of sp³-hybridized carbons (Fsp3) is 0.500. The summed E-state index contributed by atoms with van der Waals surface area (Å²) in [5, 5.41) is 18.2. The smallest absolute Gasteiger partial charge is 0.550 e. The van der Waals surface area contributed by atoms with Crippen LogP contribution in [0, 0.1) is 0 Å². The Kier molecular flexibility index (Phi) is 13.7. The van der Waals surface area contributed by atoms with Gasteiger partial charge in [-0.2, -0.15) is 12.6 Å². The number of carbonyl (C=O) groups is 2. The van der Waals surface area contributed by atoms with E-state index in [1.807, 2.05) is 0 Å². The van der Waals surface area contributed by atoms with Gasteiger partial charge in [-0.3, -0.25) is 0 Å². The second kappa shape index (κ2) is 8.58. The molecule has 1 unspecified atom stereocenters. The van der Waals surface area contributed by atoms with Crippen molar-refractivity contribution in [3.63, 3.8) is 0 Å². The van der Waals surface area contributed by atoms with E-state index in [9.17, 15) is 19.8 Å². The van der Waals surface area contributed by atoms with Crippen LogP contribution in [0.2, 0.25) is 0 Å². The molecule has 4 nitrogen and oxygen atoms in total. The second-order valence-corrected chi connectivity index (χ2v) is 2.03. The molecule has 0 rings (SSSR count). The van der Waals surface area contributed by atoms with E-state index >= 15 is 0 Å². The fourth-order valence-corrected chi connectivity index (χ4v) is 0.390. The van der Waals surface area contributed by atoms with Gasteiger partial charge in [0.1, 0.15) is 0 Å². The third-order valence-electron chi connectivity index (χ3n) is 0.632. The van der Waals surface area contributed by atoms with Gasteiger partial charge in [0.05, 0.1) is 5.97 Å². The number of carbonyl (C=O) groups excluding carboxylic acids is 2. The van der Waals surface area contributed by atoms with E-state index in [0.29, 0.717) is 0 Å². The summed E-state index contributed by atoms with van der Waals surface area (Å²) in [6.07, 6.45) is -0.620. The molecule has 7 heteroatoms. The standard InChI is InChI=1S/C4H6O4S.2Li/c5-3(6)1-2(9)4(7)8;;/h2,9H,1H2,(H,5,6)(H,7,8);;/q;2*+1/p-2. The molecule has 0 fully saturated rings. The van der Waals surface area contributed by atoms with Crippen molar-refractivity contribution in [2.45, 2.75) is 11.7 Å². The van der Waals surface area contributed by atoms with E-state index in [4.69, 9.17) is 0 Å². The van der Waals surface area contributed by atoms with Gasteiger partial charge in [0.15, 0.2) is 0 Å². The van der Waals surface area contributed by atoms with E-state index in [2.05, 4.69) is 12.6 Å². The van der Waals surface area contributed by atoms with E-state index in [0.717, 1.165) is 0 Å². The number of hydrogen-bond acceptors (Lipinski definition) is 5. The summed E-state index contributed by atoms with van der Waals surface area (Å²) in [4.78, 5) is 19.4. The monoisotopic (exact) mass is 162 g/mol. The Hall–Kier alpha value is 0.485. The minimum atomic E-state index is -1.50. The van der Waals surface area contributed by atoms with Crippen LogP contribution in [0.4, 0.5) is 0 Å². The van der Waals surface area contributed by atoms with Crippen molar-refractivity contribution in [2.75, 3.05) is 0 Å². The Morgan fingerprint density at radius 3 is 1.73 bits per heavy atom. The number of rotatable bonds is 3. The maximum absolute atomic E-state index is 9.76. The predicted molar refractivity (Wildman–Crippen MR) is 27.4 cm³/mol. The summed E-state index contributed by atoms with van der Waals surface area (Å²) < 4.78 is 0. The molecular formula is C4H4Li2O4S. The van der Waals surface area contributed by atoms with Crippen molar-refractivity contribution < 1.29 is 57.5 Å². The van der Waals surface area contributed by atoms with Gasteiger partial charge in [-0.15, -0.1) is 0 Å². The molecule has 11 heavy (non-hydrogen) atoms. The zero-order valence-electron chi connectivity index (χ0n) is 6.36. The van der Waals surface area contributed by atoms with Gasteiger partial charge < -0.3 is 19.8 Å². The quantitative estimate of drug-likeness (QED) is 0.330. The SMILES string of the molecule is O=C([O-])CC(S)C(=O)[O-].[Li+].[Li+]. The van der Waals surface area contributed by atoms with Crippen LogP contribution in [0.15, 0.2) is 0 Å². The minimum Gasteiger partial charge on any atom is -0.550 e. The molecule has 0 aliphatic heterocycles. The Morgan fingerprint density at radius 2 is 1.64 bits per heavy atom. The normalized spacial score (nSPS) is 10.3. The fourth-order valence-electron chi connectivity index (χ4n) is 0.241. The first-order valence-corrected chi connectivity index (χ1v) is 2.64. The summed E-state index contributed by atoms with van der Waals surface area (Å²) in [5.41, 5.74) is 0. The molecule has 1 atom stereocenters. The van der Waals surface area contributed by atoms with E-state index in [1.165, 1.54) is 0 Å². The van der Waals surface area contributed by atoms with Gasteiger partial charge in [0.2, 0.25) is 0 Å². The van der Waals surface area contributed by atoms with Gasteiger partial charge in [0.25, 0.3) is 0 Å². The molecule has 0 aliphatic rings. The molecule has 0 aliphatic carbocycles. The predicted octanol–water partition coefficient (Wildman–Crippen LogP) is -8.82. The maximum Gasteiger partial charge on any atom is 1.00 e. The summed E-state index contributed by atoms with van der Waals surface area (Å²) in [7, 11) is 0. The zero-order valence-corrected chi connectivity index (χ0v) is 7.26. The van der Waals surface area contributed by atoms with E-state index in [-0.39, 0.29) is 37.7 Å². The van der Waals surface area contributed by atoms with E-state index < -0.39 is 23.6 Å². The van der Waals surface area contributed by atoms with Crippen LogP contribution in [0.25, 0.3) is 0 Å². The Balaban J connectivity index is -0.000000320. The molecule has 0 radical (unpaired) electrons. The number of carboxylic acids is 2. The molecule has 0 aromatic heterocycles. The number of thiol groups is 1. The summed E-state index contributed by atoms with van der Waals surface area (Å²) >= 11 is 3.38. The van der Waals surface area contributed by atoms with Crippen LogP contribution in [0.5, 0.6) is 0 Å². The number of hydrogen-bond donors (Lipinski definition) is 1. The Bertz CT molecular complexity index is 140. The van der Waals surface area contributed by atoms with Gasteiger partial charge in [-0.05, 0) is 0 Å². The van der Waals surface area contributed by atoms with Crippen molar-refractivity contribution in [3.8, 4) is 0 Å². The van der Waals surface area contributed by atoms with Crippen LogP contribution >= 0.6 is 12.6 Å². The molecule has 0 N–H and O–H groups in total. The van der Waals surface area contributed by atoms with Gasteiger partial charge in [-0.25, -0.2) is 0 Å². The molecule has 0 amide bonds. The first kappa shape index (κ1) is 17.5. The van der Waals surface area contributed by atoms with Crippen LogP contribution < -0.4 is 47.9 Å². The van der Waals surface area contributed by atoms with Gasteiger partial charge >= 0.3 is 37.7 Å². The molecule has 0 aromatic carbocycles. The van der Waals surface area contributed by atoms with Crippen molar-refractivity contribution in [1.29, 1.82) is 0 Å². The molecular weight excluding hydrogens is 158 g/mol. The molecule has 0 heterocycles. The number of aliphatic carboxylic acids is 2. The van der Waals surface area contributed by atoms with Gasteiger partial charge in [0, 0.05) is 17.6 Å². The van der Waals surface area contributed by atoms with Crippen molar-refractivity contribution >= 4 is 24.6 Å². The average Bonchev–Trinajstić information content (AvgIpc) is 1.63. The largest absolute Gasteiger partial charge is 1.00 e. The van der Waals surface area contributed by atoms with Gasteiger partial charge in [-0.1, -0.05) is 0 Å². The molecule has 0 saturated heterocycles. The Morgan fingerprint density at radius 1 is 1.27 bits per heavy atom. The third kappa shape index (κ3) is 10.5. The first-order valence-electron chi connectivity index (χ1n) is 2.13. The zero-order chi connectivity index (χ0) is 7.44. The molecule has 52 valence electrons. The molecule has 0 bridgehead atoms. The van der Waals surface area contributed by atoms with Crippen LogP contribution in [0.1, 0.15) is 6.42 Å². The maximum atomic E-state index is 9.76. The number of carboxylic acid groups (broad SMARTS) is 2. The molecule has 0 spiro atoms. The van der Waals surface area contributed by atoms with Crippen molar-refractivity contribution in [3.05, 3.63) is 0 Å². The molecule has 0 saturated carbocycles. The van der Waals surface area contributed by atoms with Crippen LogP contribution in [-0.2, 0) is 9.59 Å². The minimum absolute atomic E-state index is 0. The summed E-state index contributed by atoms with van der Waals surface area (Å²) in [5.74, 6) is -2.94. The third-order valence-corrected chi connectivity index (χ3v) is 1.03. The summed E-state index contributed by atoms with van der Waals surface area (Å²) in [6.45, 7) is 0. The van der Waals surface area contributed by atoms with Crippen LogP contribution in [-0.4, -0.2) is 17.2 Å². The summed E-state index contributed by atoms with van der Waals surface area (Å²) in [6, 6.07) is 0. The topological polar surface area (TPSA) is 80.3 Å². The van der Waals surface area contributed by atoms with Crippen LogP contribution in [0.3, 0.4) is 0 Å². The molecule has 0 aromatic rings. The van der Waals surface area contributed by atoms with Crippen molar-refractivity contribution in [2.24, 2.45) is 0 Å².